The summed E-state index contributed by atoms with van der Waals surface area (Å²) in [7, 11) is 1.32. The largest absolute Gasteiger partial charge is 0.467 e. The highest BCUT2D eigenvalue weighted by molar-refractivity contribution is 6.35. The fraction of sp³-hybridized carbons (Fsp3) is 0.263. The van der Waals surface area contributed by atoms with Crippen LogP contribution < -0.4 is 16.4 Å². The first kappa shape index (κ1) is 22.3. The van der Waals surface area contributed by atoms with Crippen molar-refractivity contribution >= 4 is 53.2 Å². The van der Waals surface area contributed by atoms with Crippen LogP contribution in [-0.2, 0) is 16.1 Å². The maximum Gasteiger partial charge on any atom is 0.328 e. The van der Waals surface area contributed by atoms with Crippen molar-refractivity contribution in [2.24, 2.45) is 5.73 Å². The first-order valence-electron chi connectivity index (χ1n) is 8.36. The minimum absolute atomic E-state index is 0. The average Bonchev–Trinajstić information content (AvgIpc) is 2.66. The van der Waals surface area contributed by atoms with Gasteiger partial charge in [-0.15, -0.1) is 12.4 Å². The molecule has 0 aliphatic carbocycles. The zero-order chi connectivity index (χ0) is 19.6. The molecule has 2 aromatic carbocycles. The van der Waals surface area contributed by atoms with Gasteiger partial charge in [-0.3, -0.25) is 4.79 Å². The van der Waals surface area contributed by atoms with Crippen LogP contribution in [0.25, 0.3) is 0 Å². The Hall–Kier alpha value is -1.99. The smallest absolute Gasteiger partial charge is 0.328 e. The summed E-state index contributed by atoms with van der Waals surface area (Å²) in [6.45, 7) is 0.404. The molecular formula is C19H20Cl3N3O3. The minimum atomic E-state index is -0.623. The highest BCUT2D eigenvalue weighted by Gasteiger charge is 2.34. The number of ether oxygens (including phenoxy) is 1. The van der Waals surface area contributed by atoms with E-state index in [4.69, 9.17) is 33.7 Å². The Labute approximate surface area is 179 Å². The van der Waals surface area contributed by atoms with Gasteiger partial charge in [-0.1, -0.05) is 35.3 Å². The van der Waals surface area contributed by atoms with Crippen LogP contribution in [0.15, 0.2) is 36.4 Å². The molecule has 0 bridgehead atoms. The average molecular weight is 445 g/mol. The van der Waals surface area contributed by atoms with Crippen molar-refractivity contribution in [3.05, 3.63) is 63.1 Å². The van der Waals surface area contributed by atoms with Crippen molar-refractivity contribution in [3.63, 3.8) is 0 Å². The zero-order valence-corrected chi connectivity index (χ0v) is 17.3. The number of nitrogens with one attached hydrogen (secondary N) is 2. The van der Waals surface area contributed by atoms with Gasteiger partial charge in [-0.05, 0) is 29.8 Å². The monoisotopic (exact) mass is 443 g/mol. The lowest BCUT2D eigenvalue weighted by atomic mass is 9.92. The Morgan fingerprint density at radius 2 is 1.93 bits per heavy atom. The highest BCUT2D eigenvalue weighted by atomic mass is 35.5. The lowest BCUT2D eigenvalue weighted by Crippen LogP contribution is -2.41. The molecule has 0 spiro atoms. The number of halogens is 3. The highest BCUT2D eigenvalue weighted by Crippen LogP contribution is 2.40. The molecule has 1 amide bonds. The third-order valence-electron chi connectivity index (χ3n) is 4.49. The second kappa shape index (κ2) is 9.47. The molecule has 3 rings (SSSR count). The Bertz CT molecular complexity index is 875. The zero-order valence-electron chi connectivity index (χ0n) is 15.0. The number of benzene rings is 2. The number of fused-ring (bicyclic) bond motifs is 1. The van der Waals surface area contributed by atoms with Gasteiger partial charge in [-0.25, -0.2) is 4.79 Å². The number of hydrogen-bond acceptors (Lipinski definition) is 5. The van der Waals surface area contributed by atoms with Gasteiger partial charge in [-0.2, -0.15) is 0 Å². The van der Waals surface area contributed by atoms with Gasteiger partial charge in [0.15, 0.2) is 0 Å². The topological polar surface area (TPSA) is 93.5 Å². The number of nitrogens with two attached hydrogens (primary N) is 1. The van der Waals surface area contributed by atoms with Crippen LogP contribution in [0.1, 0.15) is 33.9 Å². The summed E-state index contributed by atoms with van der Waals surface area (Å²) in [5.74, 6) is -0.700. The molecule has 6 nitrogen and oxygen atoms in total. The van der Waals surface area contributed by atoms with Gasteiger partial charge in [0.05, 0.1) is 13.2 Å². The quantitative estimate of drug-likeness (QED) is 0.625. The number of amides is 1. The van der Waals surface area contributed by atoms with Gasteiger partial charge >= 0.3 is 5.97 Å². The fourth-order valence-corrected chi connectivity index (χ4v) is 3.75. The van der Waals surface area contributed by atoms with Crippen molar-refractivity contribution in [2.75, 3.05) is 12.4 Å². The van der Waals surface area contributed by atoms with Gasteiger partial charge in [0.1, 0.15) is 6.04 Å². The molecule has 150 valence electrons. The molecule has 2 aromatic rings. The van der Waals surface area contributed by atoms with E-state index in [0.717, 1.165) is 5.56 Å². The number of hydrogen-bond donors (Lipinski definition) is 3. The maximum absolute atomic E-state index is 12.7. The normalized spacial score (nSPS) is 17.6. The van der Waals surface area contributed by atoms with Crippen LogP contribution in [0.4, 0.5) is 5.69 Å². The molecule has 0 aromatic heterocycles. The first-order valence-corrected chi connectivity index (χ1v) is 9.11. The van der Waals surface area contributed by atoms with E-state index in [1.165, 1.54) is 7.11 Å². The van der Waals surface area contributed by atoms with E-state index >= 15 is 0 Å². The molecular weight excluding hydrogens is 425 g/mol. The summed E-state index contributed by atoms with van der Waals surface area (Å²) in [4.78, 5) is 24.7. The van der Waals surface area contributed by atoms with Crippen molar-refractivity contribution in [1.82, 2.24) is 5.32 Å². The molecule has 0 saturated carbocycles. The number of anilines is 1. The summed E-state index contributed by atoms with van der Waals surface area (Å²) in [5, 5.41) is 6.88. The van der Waals surface area contributed by atoms with Crippen LogP contribution in [-0.4, -0.2) is 25.0 Å². The predicted octanol–water partition coefficient (Wildman–Crippen LogP) is 3.70. The Morgan fingerprint density at radius 3 is 2.54 bits per heavy atom. The first-order chi connectivity index (χ1) is 12.9. The molecule has 0 fully saturated rings. The lowest BCUT2D eigenvalue weighted by Gasteiger charge is -2.33. The van der Waals surface area contributed by atoms with Crippen LogP contribution in [0, 0.1) is 0 Å². The van der Waals surface area contributed by atoms with Crippen molar-refractivity contribution in [2.45, 2.75) is 25.0 Å². The van der Waals surface area contributed by atoms with Crippen molar-refractivity contribution < 1.29 is 14.3 Å². The van der Waals surface area contributed by atoms with Gasteiger partial charge in [0, 0.05) is 39.8 Å². The predicted molar refractivity (Wildman–Crippen MR) is 112 cm³/mol. The number of carbonyl (C=O) groups excluding carboxylic acids is 2. The molecule has 28 heavy (non-hydrogen) atoms. The molecule has 4 N–H and O–H groups in total. The molecule has 1 aliphatic rings. The summed E-state index contributed by atoms with van der Waals surface area (Å²) in [5.41, 5.74) is 8.30. The van der Waals surface area contributed by atoms with Gasteiger partial charge < -0.3 is 21.1 Å². The van der Waals surface area contributed by atoms with E-state index in [1.54, 1.807) is 36.4 Å². The van der Waals surface area contributed by atoms with Crippen LogP contribution in [0.3, 0.4) is 0 Å². The third-order valence-corrected chi connectivity index (χ3v) is 5.02. The summed E-state index contributed by atoms with van der Waals surface area (Å²) in [6, 6.07) is 9.20. The standard InChI is InChI=1S/C19H19Cl2N3O3.ClH/c1-27-19(26)16-8-15(17-13(21)6-12(20)7-14(17)23-16)24-18(25)11-4-2-10(9-22)3-5-11;/h2-7,15-16,23H,8-9,22H2,1H3,(H,24,25);1H/t15-,16+;/m1./s1. The van der Waals surface area contributed by atoms with Crippen molar-refractivity contribution in [3.8, 4) is 0 Å². The van der Waals surface area contributed by atoms with Crippen LogP contribution >= 0.6 is 35.6 Å². The number of rotatable bonds is 4. The summed E-state index contributed by atoms with van der Waals surface area (Å²) < 4.78 is 4.84. The van der Waals surface area contributed by atoms with E-state index < -0.39 is 18.1 Å². The van der Waals surface area contributed by atoms with Crippen LogP contribution in [0.2, 0.25) is 10.0 Å². The van der Waals surface area contributed by atoms with E-state index in [2.05, 4.69) is 10.6 Å². The molecule has 9 heteroatoms. The Kier molecular flexibility index (Phi) is 7.55. The SMILES string of the molecule is COC(=O)[C@@H]1C[C@@H](NC(=O)c2ccc(CN)cc2)c2c(Cl)cc(Cl)cc2N1.Cl. The molecule has 1 heterocycles. The summed E-state index contributed by atoms with van der Waals surface area (Å²) >= 11 is 12.4. The second-order valence-corrected chi connectivity index (χ2v) is 7.08. The van der Waals surface area contributed by atoms with E-state index in [9.17, 15) is 9.59 Å². The third kappa shape index (κ3) is 4.70. The minimum Gasteiger partial charge on any atom is -0.467 e. The van der Waals surface area contributed by atoms with E-state index in [1.807, 2.05) is 0 Å². The Balaban J connectivity index is 0.00000280. The maximum atomic E-state index is 12.7. The number of carbonyl (C=O) groups is 2. The summed E-state index contributed by atoms with van der Waals surface area (Å²) in [6.07, 6.45) is 0.299. The van der Waals surface area contributed by atoms with Gasteiger partial charge in [0.2, 0.25) is 0 Å². The lowest BCUT2D eigenvalue weighted by molar-refractivity contribution is -0.141. The second-order valence-electron chi connectivity index (χ2n) is 6.23. The van der Waals surface area contributed by atoms with E-state index in [-0.39, 0.29) is 18.3 Å². The number of esters is 1. The molecule has 0 radical (unpaired) electrons. The fourth-order valence-electron chi connectivity index (χ4n) is 3.12. The molecule has 2 atom stereocenters. The van der Waals surface area contributed by atoms with Crippen LogP contribution in [0.5, 0.6) is 0 Å². The molecule has 0 saturated heterocycles. The van der Waals surface area contributed by atoms with Gasteiger partial charge in [0.25, 0.3) is 5.91 Å². The number of methoxy groups -OCH3 is 1. The van der Waals surface area contributed by atoms with E-state index in [0.29, 0.717) is 39.8 Å². The van der Waals surface area contributed by atoms with Crippen molar-refractivity contribution in [1.29, 1.82) is 0 Å². The Morgan fingerprint density at radius 1 is 1.25 bits per heavy atom. The molecule has 1 aliphatic heterocycles. The molecule has 0 unspecified atom stereocenters.